The third-order valence-electron chi connectivity index (χ3n) is 7.55. The van der Waals surface area contributed by atoms with Crippen molar-refractivity contribution >= 4 is 68.2 Å². The summed E-state index contributed by atoms with van der Waals surface area (Å²) >= 11 is 7.28. The largest absolute Gasteiger partial charge is 0.326 e. The van der Waals surface area contributed by atoms with E-state index in [0.717, 1.165) is 20.8 Å². The number of anilines is 2. The van der Waals surface area contributed by atoms with Crippen molar-refractivity contribution < 1.29 is 23.6 Å². The number of likely N-dealkylation sites (N-methyl/N-ethyl adjacent to an activating group) is 1. The molecule has 0 bridgehead atoms. The molecule has 3 amide bonds. The number of rotatable bonds is 9. The van der Waals surface area contributed by atoms with Gasteiger partial charge in [0.15, 0.2) is 12.2 Å². The molecule has 5 aromatic rings. The maximum Gasteiger partial charge on any atom is 0.307 e. The van der Waals surface area contributed by atoms with Crippen LogP contribution in [-0.4, -0.2) is 55.5 Å². The number of hydrogen-bond donors (Lipinski definition) is 2. The summed E-state index contributed by atoms with van der Waals surface area (Å²) in [4.78, 5) is 47.3. The van der Waals surface area contributed by atoms with Crippen LogP contribution in [0.1, 0.15) is 35.0 Å². The highest BCUT2D eigenvalue weighted by molar-refractivity contribution is 7.80. The van der Waals surface area contributed by atoms with Crippen molar-refractivity contribution in [2.45, 2.75) is 32.9 Å². The predicted molar refractivity (Wildman–Crippen MR) is 174 cm³/mol. The summed E-state index contributed by atoms with van der Waals surface area (Å²) in [6.07, 6.45) is -0.130. The number of thiocarbonyl (C=S) groups is 1. The molecule has 2 aromatic heterocycles. The molecule has 228 valence electrons. The summed E-state index contributed by atoms with van der Waals surface area (Å²) in [5, 5.41) is 10.8. The van der Waals surface area contributed by atoms with Crippen LogP contribution in [0.4, 0.5) is 11.6 Å². The van der Waals surface area contributed by atoms with Crippen LogP contribution in [0.5, 0.6) is 0 Å². The Labute approximate surface area is 268 Å². The number of aromatic nitrogens is 3. The van der Waals surface area contributed by atoms with E-state index in [1.54, 1.807) is 47.5 Å². The Morgan fingerprint density at radius 2 is 1.82 bits per heavy atom. The average molecular weight is 641 g/mol. The summed E-state index contributed by atoms with van der Waals surface area (Å²) in [6, 6.07) is 21.5. The molecule has 0 saturated carbocycles. The Morgan fingerprint density at radius 1 is 1.07 bits per heavy atom. The summed E-state index contributed by atoms with van der Waals surface area (Å²) in [5.74, 6) is -0.852. The first-order chi connectivity index (χ1) is 21.7. The zero-order chi connectivity index (χ0) is 31.7. The molecule has 0 radical (unpaired) electrons. The second-order valence-corrected chi connectivity index (χ2v) is 12.0. The van der Waals surface area contributed by atoms with E-state index in [1.807, 2.05) is 49.4 Å². The highest BCUT2D eigenvalue weighted by Gasteiger charge is 2.44. The smallest absolute Gasteiger partial charge is 0.307 e. The highest BCUT2D eigenvalue weighted by Crippen LogP contribution is 2.31. The van der Waals surface area contributed by atoms with Gasteiger partial charge in [-0.2, -0.15) is 0 Å². The maximum absolute atomic E-state index is 13.4. The summed E-state index contributed by atoms with van der Waals surface area (Å²) in [5.41, 5.74) is 4.62. The molecular formula is C32H30N7O4S2+. The van der Waals surface area contributed by atoms with Gasteiger partial charge in [0.2, 0.25) is 11.2 Å². The Bertz CT molecular complexity index is 1920. The lowest BCUT2D eigenvalue weighted by Crippen LogP contribution is -2.43. The van der Waals surface area contributed by atoms with Crippen LogP contribution in [0.25, 0.3) is 20.8 Å². The number of thiazole rings is 1. The Hall–Kier alpha value is -5.01. The van der Waals surface area contributed by atoms with E-state index in [9.17, 15) is 14.4 Å². The fourth-order valence-corrected chi connectivity index (χ4v) is 6.63. The standard InChI is InChI=1S/C32H29N7O4S2/c1-4-38-31(42)24(39(32(38)44)18-25-29(43-36-37(25)3)35-28(41)20-8-6-5-7-9-20)17-27(40)33-22-13-11-21(12-14-22)30-34-23-15-10-19(2)16-26(23)45-30/h5-16,24H,4,17-18H2,1-3H3,(H-,33,34,35,36,40,41)/p+1. The molecule has 3 heterocycles. The van der Waals surface area contributed by atoms with Crippen molar-refractivity contribution in [2.75, 3.05) is 17.2 Å². The third kappa shape index (κ3) is 6.17. The lowest BCUT2D eigenvalue weighted by Gasteiger charge is -2.21. The third-order valence-corrected chi connectivity index (χ3v) is 9.07. The first-order valence-electron chi connectivity index (χ1n) is 14.3. The van der Waals surface area contributed by atoms with Crippen molar-refractivity contribution in [3.63, 3.8) is 0 Å². The summed E-state index contributed by atoms with van der Waals surface area (Å²) in [6.45, 7) is 4.32. The van der Waals surface area contributed by atoms with Gasteiger partial charge >= 0.3 is 5.88 Å². The molecule has 1 atom stereocenters. The van der Waals surface area contributed by atoms with Gasteiger partial charge in [-0.15, -0.1) is 11.3 Å². The normalized spacial score (nSPS) is 14.8. The Morgan fingerprint density at radius 3 is 2.56 bits per heavy atom. The van der Waals surface area contributed by atoms with Gasteiger partial charge in [-0.1, -0.05) is 24.3 Å². The van der Waals surface area contributed by atoms with Gasteiger partial charge in [0.25, 0.3) is 17.5 Å². The number of carbonyl (C=O) groups excluding carboxylic acids is 3. The Balaban J connectivity index is 1.16. The van der Waals surface area contributed by atoms with Gasteiger partial charge in [0.05, 0.1) is 16.6 Å². The van der Waals surface area contributed by atoms with E-state index in [2.05, 4.69) is 28.9 Å². The summed E-state index contributed by atoms with van der Waals surface area (Å²) < 4.78 is 7.99. The predicted octanol–water partition coefficient (Wildman–Crippen LogP) is 4.68. The molecule has 1 aliphatic heterocycles. The molecular weight excluding hydrogens is 611 g/mol. The zero-order valence-electron chi connectivity index (χ0n) is 24.8. The van der Waals surface area contributed by atoms with Crippen LogP contribution >= 0.6 is 23.6 Å². The van der Waals surface area contributed by atoms with Crippen LogP contribution in [0.3, 0.4) is 0 Å². The molecule has 1 fully saturated rings. The van der Waals surface area contributed by atoms with Gasteiger partial charge in [-0.3, -0.25) is 29.1 Å². The van der Waals surface area contributed by atoms with E-state index < -0.39 is 6.04 Å². The zero-order valence-corrected chi connectivity index (χ0v) is 26.4. The van der Waals surface area contributed by atoms with Crippen LogP contribution in [0.15, 0.2) is 77.3 Å². The van der Waals surface area contributed by atoms with Crippen molar-refractivity contribution in [2.24, 2.45) is 7.05 Å². The van der Waals surface area contributed by atoms with E-state index in [0.29, 0.717) is 23.5 Å². The molecule has 6 rings (SSSR count). The fourth-order valence-electron chi connectivity index (χ4n) is 5.15. The lowest BCUT2D eigenvalue weighted by molar-refractivity contribution is -0.746. The summed E-state index contributed by atoms with van der Waals surface area (Å²) in [7, 11) is 1.66. The SMILES string of the molecule is CCN1C(=O)C(CC(=O)Nc2ccc(-c3nc4ccc(C)cc4s3)cc2)N(Cc2c(NC(=O)c3ccccc3)on[n+]2C)C1=S. The number of carbonyl (C=O) groups is 3. The number of nitrogens with one attached hydrogen (secondary N) is 2. The number of fused-ring (bicyclic) bond motifs is 1. The number of benzene rings is 3. The molecule has 0 aliphatic carbocycles. The van der Waals surface area contributed by atoms with Gasteiger partial charge in [-0.05, 0) is 84.8 Å². The van der Waals surface area contributed by atoms with E-state index in [4.69, 9.17) is 21.7 Å². The monoisotopic (exact) mass is 640 g/mol. The minimum atomic E-state index is -0.851. The first kappa shape index (κ1) is 30.0. The maximum atomic E-state index is 13.4. The van der Waals surface area contributed by atoms with Crippen LogP contribution < -0.4 is 15.3 Å². The molecule has 0 spiro atoms. The molecule has 1 saturated heterocycles. The molecule has 13 heteroatoms. The fraction of sp³-hybridized carbons (Fsp3) is 0.219. The van der Waals surface area contributed by atoms with Crippen molar-refractivity contribution in [3.05, 3.63) is 89.6 Å². The topological polar surface area (TPSA) is 125 Å². The minimum Gasteiger partial charge on any atom is -0.326 e. The van der Waals surface area contributed by atoms with Gasteiger partial charge in [0, 0.05) is 23.4 Å². The first-order valence-corrected chi connectivity index (χ1v) is 15.5. The number of amides is 3. The molecule has 3 aromatic carbocycles. The number of aryl methyl sites for hydroxylation is 2. The molecule has 1 unspecified atom stereocenters. The highest BCUT2D eigenvalue weighted by atomic mass is 32.1. The number of nitrogens with zero attached hydrogens (tertiary/aromatic N) is 5. The van der Waals surface area contributed by atoms with Crippen LogP contribution in [0.2, 0.25) is 0 Å². The van der Waals surface area contributed by atoms with Crippen molar-refractivity contribution in [1.29, 1.82) is 0 Å². The van der Waals surface area contributed by atoms with Gasteiger partial charge < -0.3 is 10.2 Å². The number of hydrogen-bond acceptors (Lipinski definition) is 8. The molecule has 11 nitrogen and oxygen atoms in total. The molecule has 2 N–H and O–H groups in total. The van der Waals surface area contributed by atoms with E-state index in [1.165, 1.54) is 15.1 Å². The van der Waals surface area contributed by atoms with Gasteiger partial charge in [0.1, 0.15) is 17.6 Å². The minimum absolute atomic E-state index is 0.0831. The second kappa shape index (κ2) is 12.5. The van der Waals surface area contributed by atoms with Crippen molar-refractivity contribution in [3.8, 4) is 10.6 Å². The Kier molecular flexibility index (Phi) is 8.37. The second-order valence-electron chi connectivity index (χ2n) is 10.6. The van der Waals surface area contributed by atoms with Crippen LogP contribution in [0, 0.1) is 6.92 Å². The van der Waals surface area contributed by atoms with Gasteiger partial charge in [-0.25, -0.2) is 4.98 Å². The molecule has 1 aliphatic rings. The van der Waals surface area contributed by atoms with Crippen molar-refractivity contribution in [1.82, 2.24) is 20.1 Å². The average Bonchev–Trinajstić information content (AvgIpc) is 3.68. The quantitative estimate of drug-likeness (QED) is 0.176. The van der Waals surface area contributed by atoms with Crippen LogP contribution in [-0.2, 0) is 23.2 Å². The molecule has 45 heavy (non-hydrogen) atoms. The van der Waals surface area contributed by atoms with E-state index >= 15 is 0 Å². The lowest BCUT2D eigenvalue weighted by atomic mass is 10.1. The van der Waals surface area contributed by atoms with E-state index in [-0.39, 0.29) is 41.7 Å².